The Morgan fingerprint density at radius 3 is 1.91 bits per heavy atom. The van der Waals surface area contributed by atoms with Gasteiger partial charge in [0.25, 0.3) is 16.7 Å². The fourth-order valence-corrected chi connectivity index (χ4v) is 8.09. The SMILES string of the molecule is Cc1ccc(Cn2c(=O)c3c4[nH]c5ccccc5c4c4c(=O)n(Cc5ccc(C(F)(F)F)cc5)c(O)c5c6nc7ccccc7c6c(c2=O)c3c54)cc1. The first-order chi connectivity index (χ1) is 25.5. The van der Waals surface area contributed by atoms with E-state index in [0.717, 1.165) is 27.8 Å². The lowest BCUT2D eigenvalue weighted by molar-refractivity contribution is -0.137. The molecule has 10 rings (SSSR count). The van der Waals surface area contributed by atoms with Gasteiger partial charge in [-0.05, 0) is 42.3 Å². The molecule has 8 nitrogen and oxygen atoms in total. The molecule has 0 radical (unpaired) electrons. The number of para-hydroxylation sites is 2. The van der Waals surface area contributed by atoms with Crippen molar-refractivity contribution >= 4 is 75.9 Å². The van der Waals surface area contributed by atoms with Gasteiger partial charge in [0.05, 0.1) is 56.7 Å². The fourth-order valence-electron chi connectivity index (χ4n) is 8.09. The Kier molecular flexibility index (Phi) is 6.23. The van der Waals surface area contributed by atoms with Gasteiger partial charge >= 0.3 is 6.18 Å². The van der Waals surface area contributed by atoms with E-state index in [9.17, 15) is 32.7 Å². The van der Waals surface area contributed by atoms with Crippen LogP contribution < -0.4 is 16.7 Å². The number of benzene rings is 6. The van der Waals surface area contributed by atoms with E-state index in [-0.39, 0.29) is 50.9 Å². The highest BCUT2D eigenvalue weighted by molar-refractivity contribution is 6.44. The zero-order valence-corrected chi connectivity index (χ0v) is 27.8. The molecule has 0 saturated carbocycles. The second-order valence-electron chi connectivity index (χ2n) is 13.6. The van der Waals surface area contributed by atoms with Crippen molar-refractivity contribution in [2.24, 2.45) is 0 Å². The highest BCUT2D eigenvalue weighted by Gasteiger charge is 2.32. The number of nitrogens with one attached hydrogen (secondary N) is 1. The minimum Gasteiger partial charge on any atom is -0.494 e. The van der Waals surface area contributed by atoms with Crippen molar-refractivity contribution in [1.29, 1.82) is 0 Å². The Morgan fingerprint density at radius 2 is 1.19 bits per heavy atom. The molecule has 0 aliphatic carbocycles. The Bertz CT molecular complexity index is 3350. The van der Waals surface area contributed by atoms with Gasteiger partial charge in [-0.1, -0.05) is 78.4 Å². The molecule has 0 saturated heterocycles. The Morgan fingerprint density at radius 1 is 0.623 bits per heavy atom. The number of nitrogens with zero attached hydrogens (tertiary/aromatic N) is 3. The van der Waals surface area contributed by atoms with E-state index < -0.39 is 34.3 Å². The van der Waals surface area contributed by atoms with Crippen LogP contribution in [-0.2, 0) is 19.3 Å². The standard InChI is InChI=1S/C42H25F3N4O4/c1-20-10-12-21(13-11-20)18-48-38(50)32-28-24-6-2-4-8-26(24)47-37(28)35-31-30(32)34(40(48)52)36-29(25-7-3-5-9-27(25)46-36)33(31)39(51)49(41(35)53)19-22-14-16-23(17-15-22)42(43,44)45/h2-17,46,53H,18-19H2,1H3. The molecule has 11 heteroatoms. The quantitative estimate of drug-likeness (QED) is 0.180. The maximum Gasteiger partial charge on any atom is 0.416 e. The molecule has 258 valence electrons. The minimum atomic E-state index is -4.55. The zero-order valence-electron chi connectivity index (χ0n) is 27.8. The maximum absolute atomic E-state index is 14.9. The first kappa shape index (κ1) is 31.0. The largest absolute Gasteiger partial charge is 0.494 e. The van der Waals surface area contributed by atoms with Crippen LogP contribution in [-0.4, -0.2) is 24.2 Å². The lowest BCUT2D eigenvalue weighted by Gasteiger charge is -2.19. The first-order valence-corrected chi connectivity index (χ1v) is 16.9. The van der Waals surface area contributed by atoms with Crippen LogP contribution in [0, 0.1) is 6.92 Å². The van der Waals surface area contributed by atoms with Gasteiger partial charge in [0.15, 0.2) is 0 Å². The van der Waals surface area contributed by atoms with Gasteiger partial charge in [0.2, 0.25) is 5.88 Å². The number of fused-ring (bicyclic) bond motifs is 10. The minimum absolute atomic E-state index is 0.00508. The molecule has 53 heavy (non-hydrogen) atoms. The van der Waals surface area contributed by atoms with Crippen molar-refractivity contribution in [3.63, 3.8) is 0 Å². The van der Waals surface area contributed by atoms with Gasteiger partial charge in [0.1, 0.15) is 0 Å². The third-order valence-electron chi connectivity index (χ3n) is 10.5. The lowest BCUT2D eigenvalue weighted by Crippen LogP contribution is -2.34. The van der Waals surface area contributed by atoms with Gasteiger partial charge in [-0.15, -0.1) is 0 Å². The fraction of sp³-hybridized carbons (Fsp3) is 0.0952. The second-order valence-corrected chi connectivity index (χ2v) is 13.6. The van der Waals surface area contributed by atoms with E-state index >= 15 is 0 Å². The van der Waals surface area contributed by atoms with E-state index in [0.29, 0.717) is 43.7 Å². The smallest absolute Gasteiger partial charge is 0.416 e. The Labute approximate surface area is 295 Å². The van der Waals surface area contributed by atoms with Gasteiger partial charge in [-0.3, -0.25) is 23.5 Å². The van der Waals surface area contributed by atoms with Crippen molar-refractivity contribution in [1.82, 2.24) is 19.1 Å². The zero-order chi connectivity index (χ0) is 36.5. The van der Waals surface area contributed by atoms with E-state index in [1.54, 1.807) is 12.1 Å². The van der Waals surface area contributed by atoms with Crippen LogP contribution in [0.2, 0.25) is 0 Å². The summed E-state index contributed by atoms with van der Waals surface area (Å²) in [5.74, 6) is -0.478. The van der Waals surface area contributed by atoms with Crippen LogP contribution in [0.1, 0.15) is 22.3 Å². The molecule has 0 aliphatic heterocycles. The summed E-state index contributed by atoms with van der Waals surface area (Å²) < 4.78 is 42.6. The summed E-state index contributed by atoms with van der Waals surface area (Å²) in [6.07, 6.45) is -4.55. The van der Waals surface area contributed by atoms with Crippen molar-refractivity contribution in [3.05, 3.63) is 150 Å². The molecule has 4 heterocycles. The van der Waals surface area contributed by atoms with Gasteiger partial charge < -0.3 is 10.1 Å². The number of aromatic nitrogens is 4. The molecule has 10 aromatic rings. The summed E-state index contributed by atoms with van der Waals surface area (Å²) in [4.78, 5) is 52.9. The summed E-state index contributed by atoms with van der Waals surface area (Å²) in [6, 6.07) is 26.5. The lowest BCUT2D eigenvalue weighted by atomic mass is 9.90. The summed E-state index contributed by atoms with van der Waals surface area (Å²) in [5.41, 5.74) is 1.34. The van der Waals surface area contributed by atoms with Crippen LogP contribution in [0.4, 0.5) is 13.2 Å². The van der Waals surface area contributed by atoms with Crippen LogP contribution in [0.5, 0.6) is 5.88 Å². The number of hydrogen-bond acceptors (Lipinski definition) is 5. The number of pyridine rings is 2. The second kappa shape index (κ2) is 10.6. The summed E-state index contributed by atoms with van der Waals surface area (Å²) >= 11 is 0. The van der Waals surface area contributed by atoms with Crippen LogP contribution >= 0.6 is 0 Å². The van der Waals surface area contributed by atoms with E-state index in [1.165, 1.54) is 16.7 Å². The monoisotopic (exact) mass is 706 g/mol. The highest BCUT2D eigenvalue weighted by Crippen LogP contribution is 2.47. The molecule has 4 aromatic heterocycles. The highest BCUT2D eigenvalue weighted by atomic mass is 19.4. The summed E-state index contributed by atoms with van der Waals surface area (Å²) in [5, 5.41) is 15.5. The molecule has 0 spiro atoms. The molecular formula is C42H25F3N4O4. The number of aryl methyl sites for hydroxylation is 1. The number of hydrogen-bond donors (Lipinski definition) is 2. The number of aromatic amines is 1. The molecule has 0 fully saturated rings. The van der Waals surface area contributed by atoms with Crippen LogP contribution in [0.3, 0.4) is 0 Å². The molecule has 6 aromatic carbocycles. The third kappa shape index (κ3) is 4.24. The average molecular weight is 707 g/mol. The molecule has 2 N–H and O–H groups in total. The van der Waals surface area contributed by atoms with E-state index in [4.69, 9.17) is 4.98 Å². The summed E-state index contributed by atoms with van der Waals surface area (Å²) in [7, 11) is 0. The van der Waals surface area contributed by atoms with Crippen molar-refractivity contribution in [2.45, 2.75) is 26.2 Å². The molecule has 0 atom stereocenters. The number of H-pyrrole nitrogens is 1. The predicted octanol–water partition coefficient (Wildman–Crippen LogP) is 8.17. The summed E-state index contributed by atoms with van der Waals surface area (Å²) in [6.45, 7) is 1.68. The van der Waals surface area contributed by atoms with Crippen molar-refractivity contribution in [3.8, 4) is 5.88 Å². The third-order valence-corrected chi connectivity index (χ3v) is 10.5. The maximum atomic E-state index is 14.9. The number of rotatable bonds is 4. The van der Waals surface area contributed by atoms with Gasteiger partial charge in [-0.2, -0.15) is 13.2 Å². The topological polar surface area (TPSA) is 110 Å². The Balaban J connectivity index is 1.44. The van der Waals surface area contributed by atoms with Gasteiger partial charge in [0, 0.05) is 37.8 Å². The van der Waals surface area contributed by atoms with Crippen molar-refractivity contribution in [2.75, 3.05) is 0 Å². The average Bonchev–Trinajstić information content (AvgIpc) is 3.72. The van der Waals surface area contributed by atoms with Crippen LogP contribution in [0.25, 0.3) is 75.9 Å². The van der Waals surface area contributed by atoms with E-state index in [1.807, 2.05) is 67.6 Å². The Hall–Kier alpha value is -6.75. The van der Waals surface area contributed by atoms with Crippen molar-refractivity contribution < 1.29 is 18.3 Å². The van der Waals surface area contributed by atoms with Gasteiger partial charge in [-0.25, -0.2) is 4.98 Å². The number of aromatic hydroxyl groups is 1. The normalized spacial score (nSPS) is 12.6. The van der Waals surface area contributed by atoms with E-state index in [2.05, 4.69) is 4.98 Å². The molecule has 0 amide bonds. The molecule has 0 aliphatic rings. The van der Waals surface area contributed by atoms with Crippen LogP contribution in [0.15, 0.2) is 111 Å². The molecule has 0 bridgehead atoms. The molecule has 0 unspecified atom stereocenters. The predicted molar refractivity (Wildman–Crippen MR) is 201 cm³/mol. The first-order valence-electron chi connectivity index (χ1n) is 16.9. The molecular weight excluding hydrogens is 681 g/mol. The number of halogens is 3. The number of alkyl halides is 3.